The lowest BCUT2D eigenvalue weighted by molar-refractivity contribution is 0.272. The highest BCUT2D eigenvalue weighted by molar-refractivity contribution is 5.89. The van der Waals surface area contributed by atoms with Gasteiger partial charge in [0.1, 0.15) is 0 Å². The Morgan fingerprint density at radius 3 is 2.81 bits per heavy atom. The van der Waals surface area contributed by atoms with Crippen molar-refractivity contribution in [1.29, 1.82) is 0 Å². The van der Waals surface area contributed by atoms with Gasteiger partial charge in [-0.05, 0) is 24.5 Å². The van der Waals surface area contributed by atoms with Crippen molar-refractivity contribution >= 4 is 16.8 Å². The summed E-state index contributed by atoms with van der Waals surface area (Å²) in [7, 11) is 0. The van der Waals surface area contributed by atoms with Crippen molar-refractivity contribution in [2.24, 2.45) is 0 Å². The summed E-state index contributed by atoms with van der Waals surface area (Å²) in [5.41, 5.74) is 0.882. The van der Waals surface area contributed by atoms with E-state index in [4.69, 9.17) is 4.74 Å². The Hall–Kier alpha value is -2.03. The van der Waals surface area contributed by atoms with Gasteiger partial charge >= 0.3 is 0 Å². The summed E-state index contributed by atoms with van der Waals surface area (Å²) >= 11 is 0. The molecule has 1 N–H and O–H groups in total. The second-order valence-corrected chi connectivity index (χ2v) is 3.38. The number of aromatic nitrogens is 1. The Labute approximate surface area is 93.4 Å². The van der Waals surface area contributed by atoms with E-state index in [0.717, 1.165) is 10.9 Å². The molecule has 0 fully saturated rings. The second kappa shape index (κ2) is 4.66. The average Bonchev–Trinajstić information content (AvgIpc) is 2.33. The Morgan fingerprint density at radius 2 is 2.06 bits per heavy atom. The molecule has 1 aromatic heterocycles. The molecule has 0 bridgehead atoms. The standard InChI is InChI=1S/C13H13NO2/c1-2-16-8-7-10-9-14-13(15)12-6-4-3-5-11(10)12/h3-9H,2H2,1H3,(H,14,15). The first-order chi connectivity index (χ1) is 7.83. The summed E-state index contributed by atoms with van der Waals surface area (Å²) in [5.74, 6) is 0. The molecule has 0 saturated heterocycles. The third-order valence-electron chi connectivity index (χ3n) is 2.35. The highest BCUT2D eigenvalue weighted by Gasteiger charge is 2.00. The van der Waals surface area contributed by atoms with Gasteiger partial charge in [-0.25, -0.2) is 0 Å². The first kappa shape index (κ1) is 10.5. The number of rotatable bonds is 3. The molecule has 3 heteroatoms. The van der Waals surface area contributed by atoms with Gasteiger partial charge in [-0.3, -0.25) is 4.79 Å². The van der Waals surface area contributed by atoms with Crippen molar-refractivity contribution in [2.45, 2.75) is 6.92 Å². The van der Waals surface area contributed by atoms with Gasteiger partial charge in [0.15, 0.2) is 0 Å². The minimum absolute atomic E-state index is 0.0656. The summed E-state index contributed by atoms with van der Waals surface area (Å²) in [6.07, 6.45) is 5.18. The molecule has 2 rings (SSSR count). The third kappa shape index (κ3) is 1.98. The first-order valence-electron chi connectivity index (χ1n) is 5.21. The predicted octanol–water partition coefficient (Wildman–Crippen LogP) is 2.54. The first-order valence-corrected chi connectivity index (χ1v) is 5.21. The Morgan fingerprint density at radius 1 is 1.31 bits per heavy atom. The number of aromatic amines is 1. The quantitative estimate of drug-likeness (QED) is 0.799. The zero-order valence-electron chi connectivity index (χ0n) is 9.07. The van der Waals surface area contributed by atoms with Crippen LogP contribution in [0.25, 0.3) is 16.8 Å². The molecule has 1 aromatic carbocycles. The molecule has 1 heterocycles. The van der Waals surface area contributed by atoms with Crippen LogP contribution in [0.5, 0.6) is 0 Å². The number of benzene rings is 1. The molecule has 0 aliphatic carbocycles. The monoisotopic (exact) mass is 215 g/mol. The molecule has 0 aliphatic rings. The maximum absolute atomic E-state index is 11.5. The molecule has 0 atom stereocenters. The van der Waals surface area contributed by atoms with Crippen LogP contribution in [0.3, 0.4) is 0 Å². The largest absolute Gasteiger partial charge is 0.501 e. The van der Waals surface area contributed by atoms with Gasteiger partial charge in [0.25, 0.3) is 5.56 Å². The molecule has 0 unspecified atom stereocenters. The number of hydrogen-bond acceptors (Lipinski definition) is 2. The molecular weight excluding hydrogens is 202 g/mol. The van der Waals surface area contributed by atoms with E-state index in [9.17, 15) is 4.79 Å². The molecule has 0 aliphatic heterocycles. The van der Waals surface area contributed by atoms with Crippen molar-refractivity contribution < 1.29 is 4.74 Å². The normalized spacial score (nSPS) is 11.1. The summed E-state index contributed by atoms with van der Waals surface area (Å²) in [5, 5.41) is 1.63. The summed E-state index contributed by atoms with van der Waals surface area (Å²) in [6, 6.07) is 7.51. The van der Waals surface area contributed by atoms with Gasteiger partial charge in [0, 0.05) is 17.1 Å². The number of ether oxygens (including phenoxy) is 1. The maximum Gasteiger partial charge on any atom is 0.255 e. The van der Waals surface area contributed by atoms with Crippen LogP contribution in [0, 0.1) is 0 Å². The van der Waals surface area contributed by atoms with Crippen molar-refractivity contribution in [3.63, 3.8) is 0 Å². The van der Waals surface area contributed by atoms with E-state index in [2.05, 4.69) is 4.98 Å². The summed E-state index contributed by atoms with van der Waals surface area (Å²) < 4.78 is 5.14. The van der Waals surface area contributed by atoms with Crippen molar-refractivity contribution in [3.8, 4) is 0 Å². The van der Waals surface area contributed by atoms with Crippen molar-refractivity contribution in [1.82, 2.24) is 4.98 Å². The Kier molecular flexibility index (Phi) is 3.05. The van der Waals surface area contributed by atoms with Gasteiger partial charge in [0.05, 0.1) is 12.9 Å². The van der Waals surface area contributed by atoms with E-state index in [1.165, 1.54) is 0 Å². The fourth-order valence-corrected chi connectivity index (χ4v) is 1.59. The van der Waals surface area contributed by atoms with Crippen LogP contribution < -0.4 is 5.56 Å². The minimum atomic E-state index is -0.0656. The lowest BCUT2D eigenvalue weighted by Gasteiger charge is -2.01. The van der Waals surface area contributed by atoms with E-state index in [1.807, 2.05) is 37.3 Å². The zero-order chi connectivity index (χ0) is 11.4. The topological polar surface area (TPSA) is 42.1 Å². The molecule has 82 valence electrons. The van der Waals surface area contributed by atoms with E-state index >= 15 is 0 Å². The number of nitrogens with one attached hydrogen (secondary N) is 1. The Balaban J connectivity index is 2.54. The fraction of sp³-hybridized carbons (Fsp3) is 0.154. The summed E-state index contributed by atoms with van der Waals surface area (Å²) in [4.78, 5) is 14.3. The average molecular weight is 215 g/mol. The molecule has 16 heavy (non-hydrogen) atoms. The highest BCUT2D eigenvalue weighted by Crippen LogP contribution is 2.15. The van der Waals surface area contributed by atoms with Crippen molar-refractivity contribution in [2.75, 3.05) is 6.61 Å². The SMILES string of the molecule is CCOC=Cc1c[nH]c(=O)c2ccccc12. The molecule has 3 nitrogen and oxygen atoms in total. The van der Waals surface area contributed by atoms with Crippen LogP contribution >= 0.6 is 0 Å². The van der Waals surface area contributed by atoms with Crippen LogP contribution in [0.4, 0.5) is 0 Å². The number of pyridine rings is 1. The van der Waals surface area contributed by atoms with Crippen LogP contribution in [-0.2, 0) is 4.74 Å². The van der Waals surface area contributed by atoms with Gasteiger partial charge in [-0.2, -0.15) is 0 Å². The second-order valence-electron chi connectivity index (χ2n) is 3.38. The highest BCUT2D eigenvalue weighted by atomic mass is 16.5. The molecule has 0 amide bonds. The predicted molar refractivity (Wildman–Crippen MR) is 65.2 cm³/mol. The van der Waals surface area contributed by atoms with Gasteiger partial charge in [-0.1, -0.05) is 18.2 Å². The minimum Gasteiger partial charge on any atom is -0.501 e. The lowest BCUT2D eigenvalue weighted by Crippen LogP contribution is -2.05. The fourth-order valence-electron chi connectivity index (χ4n) is 1.59. The van der Waals surface area contributed by atoms with Crippen LogP contribution in [0.1, 0.15) is 12.5 Å². The van der Waals surface area contributed by atoms with E-state index < -0.39 is 0 Å². The molecule has 0 radical (unpaired) electrons. The smallest absolute Gasteiger partial charge is 0.255 e. The van der Waals surface area contributed by atoms with Gasteiger partial charge in [-0.15, -0.1) is 0 Å². The lowest BCUT2D eigenvalue weighted by atomic mass is 10.1. The number of H-pyrrole nitrogens is 1. The third-order valence-corrected chi connectivity index (χ3v) is 2.35. The van der Waals surface area contributed by atoms with E-state index in [1.54, 1.807) is 12.5 Å². The number of fused-ring (bicyclic) bond motifs is 1. The van der Waals surface area contributed by atoms with Crippen LogP contribution in [0.2, 0.25) is 0 Å². The van der Waals surface area contributed by atoms with Gasteiger partial charge < -0.3 is 9.72 Å². The zero-order valence-corrected chi connectivity index (χ0v) is 9.07. The van der Waals surface area contributed by atoms with Crippen molar-refractivity contribution in [3.05, 3.63) is 52.6 Å². The molecule has 2 aromatic rings. The van der Waals surface area contributed by atoms with E-state index in [-0.39, 0.29) is 5.56 Å². The molecular formula is C13H13NO2. The maximum atomic E-state index is 11.5. The van der Waals surface area contributed by atoms with Crippen LogP contribution in [0.15, 0.2) is 41.5 Å². The molecule has 0 spiro atoms. The summed E-state index contributed by atoms with van der Waals surface area (Å²) in [6.45, 7) is 2.56. The van der Waals surface area contributed by atoms with Gasteiger partial charge in [0.2, 0.25) is 0 Å². The Bertz CT molecular complexity index is 569. The van der Waals surface area contributed by atoms with Crippen LogP contribution in [-0.4, -0.2) is 11.6 Å². The van der Waals surface area contributed by atoms with E-state index in [0.29, 0.717) is 12.0 Å². The number of hydrogen-bond donors (Lipinski definition) is 1. The molecule has 0 saturated carbocycles.